The van der Waals surface area contributed by atoms with Crippen LogP contribution in [0.1, 0.15) is 25.0 Å². The highest BCUT2D eigenvalue weighted by molar-refractivity contribution is 7.99. The highest BCUT2D eigenvalue weighted by Gasteiger charge is 2.19. The van der Waals surface area contributed by atoms with Crippen molar-refractivity contribution in [2.24, 2.45) is 10.2 Å². The lowest BCUT2D eigenvalue weighted by Crippen LogP contribution is -2.35. The number of nitrogens with zero attached hydrogens (tertiary/aromatic N) is 5. The number of thioether (sulfide) groups is 1. The smallest absolute Gasteiger partial charge is 0.156 e. The number of pyridine rings is 1. The van der Waals surface area contributed by atoms with Gasteiger partial charge >= 0.3 is 0 Å². The van der Waals surface area contributed by atoms with Crippen molar-refractivity contribution in [1.29, 1.82) is 5.26 Å². The normalized spacial score (nSPS) is 11.3. The molecule has 0 atom stereocenters. The van der Waals surface area contributed by atoms with Crippen LogP contribution in [0, 0.1) is 18.3 Å². The van der Waals surface area contributed by atoms with Crippen molar-refractivity contribution < 1.29 is 24.4 Å². The van der Waals surface area contributed by atoms with Crippen molar-refractivity contribution >= 4 is 40.5 Å². The standard InChI is InChI=1S/C32H43N7O5S/c1-22(2)39(12-14-40)13-18-45-29-20-27(42-4)26(19-28(29)43-5)37-38-30-23(3)25(21-33)31(35-24-9-7-6-8-10-24)36-32(30)34-11-16-44-17-15-41/h6-10,19-20,22,40-41H,11-18H2,1-5H3,(H2,34,35,36). The van der Waals surface area contributed by atoms with Gasteiger partial charge in [0, 0.05) is 48.7 Å². The summed E-state index contributed by atoms with van der Waals surface area (Å²) in [7, 11) is 3.17. The molecule has 0 radical (unpaired) electrons. The molecule has 12 nitrogen and oxygen atoms in total. The van der Waals surface area contributed by atoms with Crippen LogP contribution >= 0.6 is 11.8 Å². The minimum absolute atomic E-state index is 0.0679. The van der Waals surface area contributed by atoms with Crippen LogP contribution in [0.15, 0.2) is 57.6 Å². The average molecular weight is 638 g/mol. The molecule has 2 aromatic carbocycles. The molecule has 0 unspecified atom stereocenters. The lowest BCUT2D eigenvalue weighted by atomic mass is 10.1. The Labute approximate surface area is 269 Å². The fourth-order valence-corrected chi connectivity index (χ4v) is 5.43. The van der Waals surface area contributed by atoms with E-state index in [-0.39, 0.29) is 19.8 Å². The third-order valence-electron chi connectivity index (χ3n) is 6.81. The van der Waals surface area contributed by atoms with E-state index in [0.29, 0.717) is 71.4 Å². The lowest BCUT2D eigenvalue weighted by molar-refractivity contribution is 0.0992. The first kappa shape index (κ1) is 35.5. The van der Waals surface area contributed by atoms with E-state index in [4.69, 9.17) is 24.3 Å². The molecular weight excluding hydrogens is 594 g/mol. The van der Waals surface area contributed by atoms with Crippen molar-refractivity contribution in [1.82, 2.24) is 9.88 Å². The molecule has 1 heterocycles. The van der Waals surface area contributed by atoms with Gasteiger partial charge in [0.05, 0.1) is 51.1 Å². The lowest BCUT2D eigenvalue weighted by Gasteiger charge is -2.25. The molecule has 0 aliphatic carbocycles. The molecule has 0 aliphatic rings. The molecule has 0 saturated carbocycles. The number of aliphatic hydroxyl groups is 2. The summed E-state index contributed by atoms with van der Waals surface area (Å²) < 4.78 is 16.8. The fourth-order valence-electron chi connectivity index (χ4n) is 4.41. The summed E-state index contributed by atoms with van der Waals surface area (Å²) >= 11 is 1.63. The number of aliphatic hydroxyl groups excluding tert-OH is 2. The van der Waals surface area contributed by atoms with Gasteiger partial charge in [0.15, 0.2) is 11.6 Å². The molecule has 3 rings (SSSR count). The van der Waals surface area contributed by atoms with Crippen LogP contribution in [-0.2, 0) is 4.74 Å². The minimum Gasteiger partial charge on any atom is -0.495 e. The zero-order valence-electron chi connectivity index (χ0n) is 26.5. The Morgan fingerprint density at radius 2 is 1.76 bits per heavy atom. The molecule has 0 spiro atoms. The maximum Gasteiger partial charge on any atom is 0.156 e. The number of rotatable bonds is 19. The number of hydrogen-bond donors (Lipinski definition) is 4. The Morgan fingerprint density at radius 1 is 1.00 bits per heavy atom. The molecule has 0 amide bonds. The molecule has 4 N–H and O–H groups in total. The predicted octanol–water partition coefficient (Wildman–Crippen LogP) is 5.65. The van der Waals surface area contributed by atoms with E-state index in [1.165, 1.54) is 0 Å². The zero-order valence-corrected chi connectivity index (χ0v) is 27.4. The number of nitriles is 1. The van der Waals surface area contributed by atoms with Gasteiger partial charge in [0.25, 0.3) is 0 Å². The number of ether oxygens (including phenoxy) is 3. The van der Waals surface area contributed by atoms with Crippen molar-refractivity contribution in [2.75, 3.05) is 76.7 Å². The number of hydrogen-bond acceptors (Lipinski definition) is 13. The molecule has 242 valence electrons. The largest absolute Gasteiger partial charge is 0.495 e. The van der Waals surface area contributed by atoms with E-state index in [0.717, 1.165) is 22.9 Å². The van der Waals surface area contributed by atoms with Gasteiger partial charge in [-0.15, -0.1) is 22.0 Å². The fraction of sp³-hybridized carbons (Fsp3) is 0.438. The molecule has 45 heavy (non-hydrogen) atoms. The topological polar surface area (TPSA) is 157 Å². The van der Waals surface area contributed by atoms with Crippen LogP contribution in [-0.4, -0.2) is 92.2 Å². The van der Waals surface area contributed by atoms with Gasteiger partial charge < -0.3 is 35.1 Å². The van der Waals surface area contributed by atoms with E-state index in [9.17, 15) is 10.4 Å². The summed E-state index contributed by atoms with van der Waals surface area (Å²) in [5, 5.41) is 44.0. The first-order chi connectivity index (χ1) is 21.9. The molecule has 3 aromatic rings. The summed E-state index contributed by atoms with van der Waals surface area (Å²) in [6, 6.07) is 15.7. The van der Waals surface area contributed by atoms with Crippen LogP contribution in [0.4, 0.5) is 28.7 Å². The molecule has 1 aromatic heterocycles. The Bertz CT molecular complexity index is 1430. The first-order valence-electron chi connectivity index (χ1n) is 14.7. The summed E-state index contributed by atoms with van der Waals surface area (Å²) in [4.78, 5) is 7.83. The quantitative estimate of drug-likeness (QED) is 0.0731. The Hall–Kier alpha value is -3.93. The molecular formula is C32H43N7O5S. The maximum absolute atomic E-state index is 10.1. The number of aromatic nitrogens is 1. The van der Waals surface area contributed by atoms with Gasteiger partial charge in [-0.1, -0.05) is 18.2 Å². The number of anilines is 3. The average Bonchev–Trinajstić information content (AvgIpc) is 3.04. The van der Waals surface area contributed by atoms with Gasteiger partial charge in [0.2, 0.25) is 0 Å². The van der Waals surface area contributed by atoms with Crippen molar-refractivity contribution in [3.05, 3.63) is 53.6 Å². The van der Waals surface area contributed by atoms with Crippen LogP contribution in [0.5, 0.6) is 11.5 Å². The van der Waals surface area contributed by atoms with Gasteiger partial charge in [-0.3, -0.25) is 4.90 Å². The maximum atomic E-state index is 10.1. The second-order valence-electron chi connectivity index (χ2n) is 10.1. The highest BCUT2D eigenvalue weighted by atomic mass is 32.2. The van der Waals surface area contributed by atoms with Crippen molar-refractivity contribution in [2.45, 2.75) is 31.7 Å². The van der Waals surface area contributed by atoms with Gasteiger partial charge in [-0.25, -0.2) is 4.98 Å². The zero-order chi connectivity index (χ0) is 32.6. The highest BCUT2D eigenvalue weighted by Crippen LogP contribution is 2.42. The van der Waals surface area contributed by atoms with Crippen molar-refractivity contribution in [3.63, 3.8) is 0 Å². The molecule has 0 bridgehead atoms. The number of benzene rings is 2. The number of methoxy groups -OCH3 is 2. The van der Waals surface area contributed by atoms with Crippen molar-refractivity contribution in [3.8, 4) is 17.6 Å². The molecule has 13 heteroatoms. The Balaban J connectivity index is 1.95. The third kappa shape index (κ3) is 10.3. The third-order valence-corrected chi connectivity index (χ3v) is 7.83. The molecule has 0 fully saturated rings. The van der Waals surface area contributed by atoms with Crippen LogP contribution in [0.25, 0.3) is 0 Å². The van der Waals surface area contributed by atoms with Crippen LogP contribution in [0.3, 0.4) is 0 Å². The van der Waals surface area contributed by atoms with E-state index in [2.05, 4.69) is 45.7 Å². The van der Waals surface area contributed by atoms with E-state index >= 15 is 0 Å². The Morgan fingerprint density at radius 3 is 2.40 bits per heavy atom. The number of nitrogens with one attached hydrogen (secondary N) is 2. The van der Waals surface area contributed by atoms with Crippen LogP contribution in [0.2, 0.25) is 0 Å². The number of azo groups is 1. The SMILES string of the molecule is COc1cc(SCCN(CCO)C(C)C)c(OC)cc1N=Nc1c(NCCOCCO)nc(Nc2ccccc2)c(C#N)c1C. The molecule has 0 saturated heterocycles. The summed E-state index contributed by atoms with van der Waals surface area (Å²) in [6.45, 7) is 8.44. The monoisotopic (exact) mass is 637 g/mol. The van der Waals surface area contributed by atoms with Gasteiger partial charge in [0.1, 0.15) is 28.9 Å². The predicted molar refractivity (Wildman–Crippen MR) is 178 cm³/mol. The summed E-state index contributed by atoms with van der Waals surface area (Å²) in [5.41, 5.74) is 2.55. The number of para-hydroxylation sites is 1. The summed E-state index contributed by atoms with van der Waals surface area (Å²) in [5.74, 6) is 2.73. The van der Waals surface area contributed by atoms with E-state index in [1.54, 1.807) is 39.0 Å². The van der Waals surface area contributed by atoms with Gasteiger partial charge in [-0.2, -0.15) is 5.26 Å². The Kier molecular flexibility index (Phi) is 14.8. The van der Waals surface area contributed by atoms with E-state index < -0.39 is 0 Å². The minimum atomic E-state index is -0.0679. The first-order valence-corrected chi connectivity index (χ1v) is 15.7. The second-order valence-corrected chi connectivity index (χ2v) is 11.2. The second kappa shape index (κ2) is 18.8. The molecule has 0 aliphatic heterocycles. The van der Waals surface area contributed by atoms with E-state index in [1.807, 2.05) is 36.4 Å². The van der Waals surface area contributed by atoms with Gasteiger partial charge in [-0.05, 0) is 39.0 Å². The summed E-state index contributed by atoms with van der Waals surface area (Å²) in [6.07, 6.45) is 0. The van der Waals surface area contributed by atoms with Crippen LogP contribution < -0.4 is 20.1 Å².